The van der Waals surface area contributed by atoms with Crippen LogP contribution in [0.1, 0.15) is 5.56 Å². The number of benzene rings is 1. The standard InChI is InChI=1S/C10H9Cl2N3/c1-4-2-5(11)10-7(8(4)12)9(14)6(13)3-15-10/h2-3H,13H2,1H3,(H2,14,15). The molecule has 2 rings (SSSR count). The molecule has 0 saturated carbocycles. The van der Waals surface area contributed by atoms with E-state index in [1.807, 2.05) is 6.92 Å². The molecule has 0 unspecified atom stereocenters. The van der Waals surface area contributed by atoms with Gasteiger partial charge in [0.15, 0.2) is 0 Å². The fourth-order valence-corrected chi connectivity index (χ4v) is 2.02. The van der Waals surface area contributed by atoms with Crippen LogP contribution in [0.4, 0.5) is 11.4 Å². The van der Waals surface area contributed by atoms with Crippen LogP contribution in [-0.2, 0) is 0 Å². The van der Waals surface area contributed by atoms with E-state index < -0.39 is 0 Å². The summed E-state index contributed by atoms with van der Waals surface area (Å²) in [7, 11) is 0. The zero-order chi connectivity index (χ0) is 11.2. The number of pyridine rings is 1. The van der Waals surface area contributed by atoms with Gasteiger partial charge in [-0.05, 0) is 18.6 Å². The first-order valence-electron chi connectivity index (χ1n) is 4.30. The van der Waals surface area contributed by atoms with Crippen molar-refractivity contribution < 1.29 is 0 Å². The minimum Gasteiger partial charge on any atom is -0.396 e. The molecule has 0 aliphatic heterocycles. The van der Waals surface area contributed by atoms with Gasteiger partial charge in [0.25, 0.3) is 0 Å². The van der Waals surface area contributed by atoms with Crippen LogP contribution in [0.3, 0.4) is 0 Å². The number of anilines is 2. The van der Waals surface area contributed by atoms with Crippen LogP contribution in [0, 0.1) is 6.92 Å². The highest BCUT2D eigenvalue weighted by atomic mass is 35.5. The van der Waals surface area contributed by atoms with E-state index in [0.717, 1.165) is 5.56 Å². The van der Waals surface area contributed by atoms with Crippen LogP contribution in [0.25, 0.3) is 10.9 Å². The molecule has 4 N–H and O–H groups in total. The number of hydrogen-bond acceptors (Lipinski definition) is 3. The highest BCUT2D eigenvalue weighted by molar-refractivity contribution is 6.41. The second-order valence-corrected chi connectivity index (χ2v) is 4.13. The van der Waals surface area contributed by atoms with E-state index in [1.54, 1.807) is 6.07 Å². The van der Waals surface area contributed by atoms with Gasteiger partial charge in [0.05, 0.1) is 33.1 Å². The summed E-state index contributed by atoms with van der Waals surface area (Å²) < 4.78 is 0. The number of nitrogen functional groups attached to an aromatic ring is 2. The van der Waals surface area contributed by atoms with Crippen molar-refractivity contribution in [1.82, 2.24) is 4.98 Å². The normalized spacial score (nSPS) is 10.9. The highest BCUT2D eigenvalue weighted by Crippen LogP contribution is 2.37. The molecule has 0 spiro atoms. The summed E-state index contributed by atoms with van der Waals surface area (Å²) in [5.74, 6) is 0. The summed E-state index contributed by atoms with van der Waals surface area (Å²) in [4.78, 5) is 4.12. The molecule has 0 aliphatic rings. The second-order valence-electron chi connectivity index (χ2n) is 3.34. The molecule has 5 heteroatoms. The predicted octanol–water partition coefficient (Wildman–Crippen LogP) is 3.01. The van der Waals surface area contributed by atoms with E-state index in [2.05, 4.69) is 4.98 Å². The van der Waals surface area contributed by atoms with Crippen molar-refractivity contribution in [3.63, 3.8) is 0 Å². The number of aromatic nitrogens is 1. The zero-order valence-electron chi connectivity index (χ0n) is 8.01. The third-order valence-corrected chi connectivity index (χ3v) is 3.06. The molecule has 1 aromatic heterocycles. The first-order chi connectivity index (χ1) is 7.02. The maximum absolute atomic E-state index is 6.14. The van der Waals surface area contributed by atoms with Crippen LogP contribution in [0.15, 0.2) is 12.3 Å². The Kier molecular flexibility index (Phi) is 2.37. The Morgan fingerprint density at radius 1 is 1.27 bits per heavy atom. The molecule has 0 amide bonds. The van der Waals surface area contributed by atoms with Crippen LogP contribution in [-0.4, -0.2) is 4.98 Å². The van der Waals surface area contributed by atoms with E-state index in [1.165, 1.54) is 6.20 Å². The zero-order valence-corrected chi connectivity index (χ0v) is 9.52. The third kappa shape index (κ3) is 1.48. The van der Waals surface area contributed by atoms with Crippen molar-refractivity contribution in [2.24, 2.45) is 0 Å². The first-order valence-corrected chi connectivity index (χ1v) is 5.06. The van der Waals surface area contributed by atoms with Crippen LogP contribution in [0.5, 0.6) is 0 Å². The fraction of sp³-hybridized carbons (Fsp3) is 0.100. The molecular weight excluding hydrogens is 233 g/mol. The summed E-state index contributed by atoms with van der Waals surface area (Å²) in [6, 6.07) is 1.76. The molecule has 0 radical (unpaired) electrons. The summed E-state index contributed by atoms with van der Waals surface area (Å²) in [5, 5.41) is 1.70. The molecule has 2 aromatic rings. The van der Waals surface area contributed by atoms with Crippen LogP contribution < -0.4 is 11.5 Å². The van der Waals surface area contributed by atoms with Gasteiger partial charge in [-0.15, -0.1) is 0 Å². The van der Waals surface area contributed by atoms with Gasteiger partial charge in [-0.3, -0.25) is 4.98 Å². The Morgan fingerprint density at radius 3 is 2.60 bits per heavy atom. The first kappa shape index (κ1) is 10.3. The summed E-state index contributed by atoms with van der Waals surface area (Å²) in [5.41, 5.74) is 13.8. The quantitative estimate of drug-likeness (QED) is 0.746. The molecule has 0 fully saturated rings. The number of aryl methyl sites for hydroxylation is 1. The lowest BCUT2D eigenvalue weighted by Crippen LogP contribution is -1.98. The molecule has 78 valence electrons. The molecule has 15 heavy (non-hydrogen) atoms. The smallest absolute Gasteiger partial charge is 0.0925 e. The van der Waals surface area contributed by atoms with Crippen molar-refractivity contribution >= 4 is 45.5 Å². The monoisotopic (exact) mass is 241 g/mol. The maximum atomic E-state index is 6.14. The molecule has 1 heterocycles. The average molecular weight is 242 g/mol. The van der Waals surface area contributed by atoms with Gasteiger partial charge in [0.2, 0.25) is 0 Å². The van der Waals surface area contributed by atoms with E-state index >= 15 is 0 Å². The topological polar surface area (TPSA) is 64.9 Å². The minimum absolute atomic E-state index is 0.408. The number of nitrogens with two attached hydrogens (primary N) is 2. The lowest BCUT2D eigenvalue weighted by Gasteiger charge is -2.09. The number of nitrogens with zero attached hydrogens (tertiary/aromatic N) is 1. The van der Waals surface area contributed by atoms with Crippen molar-refractivity contribution in [3.05, 3.63) is 27.9 Å². The molecule has 0 saturated heterocycles. The SMILES string of the molecule is Cc1cc(Cl)c2ncc(N)c(N)c2c1Cl. The number of hydrogen-bond donors (Lipinski definition) is 2. The highest BCUT2D eigenvalue weighted by Gasteiger charge is 2.12. The van der Waals surface area contributed by atoms with E-state index in [-0.39, 0.29) is 0 Å². The maximum Gasteiger partial charge on any atom is 0.0925 e. The van der Waals surface area contributed by atoms with Gasteiger partial charge in [0, 0.05) is 5.39 Å². The van der Waals surface area contributed by atoms with Crippen LogP contribution in [0.2, 0.25) is 10.0 Å². The summed E-state index contributed by atoms with van der Waals surface area (Å²) in [6.07, 6.45) is 1.48. The lowest BCUT2D eigenvalue weighted by atomic mass is 10.1. The Bertz CT molecular complexity index is 544. The second kappa shape index (κ2) is 3.43. The Hall–Kier alpha value is -1.19. The Balaban J connectivity index is 3.04. The van der Waals surface area contributed by atoms with Crippen molar-refractivity contribution in [2.75, 3.05) is 11.5 Å². The van der Waals surface area contributed by atoms with E-state index in [4.69, 9.17) is 34.7 Å². The van der Waals surface area contributed by atoms with Gasteiger partial charge in [-0.25, -0.2) is 0 Å². The van der Waals surface area contributed by atoms with Gasteiger partial charge in [-0.1, -0.05) is 23.2 Å². The molecule has 0 atom stereocenters. The number of rotatable bonds is 0. The summed E-state index contributed by atoms with van der Waals surface area (Å²) >= 11 is 12.2. The van der Waals surface area contributed by atoms with Crippen molar-refractivity contribution in [3.8, 4) is 0 Å². The van der Waals surface area contributed by atoms with Crippen LogP contribution >= 0.6 is 23.2 Å². The molecule has 3 nitrogen and oxygen atoms in total. The molecule has 1 aromatic carbocycles. The minimum atomic E-state index is 0.408. The van der Waals surface area contributed by atoms with Crippen molar-refractivity contribution in [2.45, 2.75) is 6.92 Å². The van der Waals surface area contributed by atoms with Gasteiger partial charge < -0.3 is 11.5 Å². The van der Waals surface area contributed by atoms with Gasteiger partial charge >= 0.3 is 0 Å². The largest absolute Gasteiger partial charge is 0.396 e. The Morgan fingerprint density at radius 2 is 1.93 bits per heavy atom. The molecule has 0 bridgehead atoms. The van der Waals surface area contributed by atoms with Gasteiger partial charge in [-0.2, -0.15) is 0 Å². The number of fused-ring (bicyclic) bond motifs is 1. The molecular formula is C10H9Cl2N3. The lowest BCUT2D eigenvalue weighted by molar-refractivity contribution is 1.40. The van der Waals surface area contributed by atoms with E-state index in [9.17, 15) is 0 Å². The van der Waals surface area contributed by atoms with E-state index in [0.29, 0.717) is 32.3 Å². The fourth-order valence-electron chi connectivity index (χ4n) is 1.46. The predicted molar refractivity (Wildman–Crippen MR) is 65.3 cm³/mol. The number of halogens is 2. The Labute approximate surface area is 97.0 Å². The summed E-state index contributed by atoms with van der Waals surface area (Å²) in [6.45, 7) is 1.86. The van der Waals surface area contributed by atoms with Gasteiger partial charge in [0.1, 0.15) is 0 Å². The van der Waals surface area contributed by atoms with Crippen molar-refractivity contribution in [1.29, 1.82) is 0 Å². The molecule has 0 aliphatic carbocycles. The average Bonchev–Trinajstić information content (AvgIpc) is 2.19. The third-order valence-electron chi connectivity index (χ3n) is 2.29.